The zero-order valence-corrected chi connectivity index (χ0v) is 16.9. The van der Waals surface area contributed by atoms with E-state index in [4.69, 9.17) is 5.26 Å². The van der Waals surface area contributed by atoms with E-state index < -0.39 is 0 Å². The molecule has 30 heavy (non-hydrogen) atoms. The van der Waals surface area contributed by atoms with Crippen molar-refractivity contribution in [2.45, 2.75) is 26.2 Å². The Morgan fingerprint density at radius 1 is 0.967 bits per heavy atom. The van der Waals surface area contributed by atoms with E-state index in [1.165, 1.54) is 4.90 Å². The third-order valence-electron chi connectivity index (χ3n) is 4.12. The molecule has 2 aromatic rings. The Hall–Kier alpha value is -3.86. The van der Waals surface area contributed by atoms with Gasteiger partial charge in [-0.25, -0.2) is 4.79 Å². The number of nitriles is 1. The molecule has 0 aromatic heterocycles. The summed E-state index contributed by atoms with van der Waals surface area (Å²) in [6.07, 6.45) is 0.226. The maximum Gasteiger partial charge on any atom is 0.319 e. The highest BCUT2D eigenvalue weighted by Crippen LogP contribution is 2.17. The third-order valence-corrected chi connectivity index (χ3v) is 4.12. The Balaban J connectivity index is 1.92. The van der Waals surface area contributed by atoms with Crippen molar-refractivity contribution in [1.82, 2.24) is 5.32 Å². The molecular formula is C22H25N5O3. The van der Waals surface area contributed by atoms with Gasteiger partial charge in [0.15, 0.2) is 0 Å². The lowest BCUT2D eigenvalue weighted by Gasteiger charge is -2.21. The maximum atomic E-state index is 12.6. The van der Waals surface area contributed by atoms with Gasteiger partial charge >= 0.3 is 6.03 Å². The lowest BCUT2D eigenvalue weighted by Crippen LogP contribution is -2.32. The molecule has 156 valence electrons. The maximum absolute atomic E-state index is 12.6. The van der Waals surface area contributed by atoms with Crippen LogP contribution in [-0.4, -0.2) is 30.9 Å². The third kappa shape index (κ3) is 7.28. The molecule has 8 heteroatoms. The van der Waals surface area contributed by atoms with Crippen LogP contribution in [0.2, 0.25) is 0 Å². The largest absolute Gasteiger partial charge is 0.338 e. The SMILES string of the molecule is CCNC(=O)Nc1cccc(NC(=O)CCC(=O)N(CCC#N)c2ccccc2)c1. The summed E-state index contributed by atoms with van der Waals surface area (Å²) in [5.74, 6) is -0.537. The Morgan fingerprint density at radius 2 is 1.67 bits per heavy atom. The van der Waals surface area contributed by atoms with Gasteiger partial charge in [-0.05, 0) is 37.3 Å². The normalized spacial score (nSPS) is 9.87. The molecule has 4 amide bonds. The summed E-state index contributed by atoms with van der Waals surface area (Å²) in [5, 5.41) is 16.9. The monoisotopic (exact) mass is 407 g/mol. The summed E-state index contributed by atoms with van der Waals surface area (Å²) in [5.41, 5.74) is 1.76. The number of amides is 4. The number of benzene rings is 2. The Bertz CT molecular complexity index is 908. The van der Waals surface area contributed by atoms with Crippen LogP contribution in [0.15, 0.2) is 54.6 Å². The predicted octanol–water partition coefficient (Wildman–Crippen LogP) is 3.49. The number of hydrogen-bond donors (Lipinski definition) is 3. The lowest BCUT2D eigenvalue weighted by atomic mass is 10.2. The zero-order valence-electron chi connectivity index (χ0n) is 16.9. The Morgan fingerprint density at radius 3 is 2.33 bits per heavy atom. The van der Waals surface area contributed by atoms with Crippen LogP contribution in [-0.2, 0) is 9.59 Å². The van der Waals surface area contributed by atoms with Crippen molar-refractivity contribution in [3.8, 4) is 6.07 Å². The van der Waals surface area contributed by atoms with E-state index in [0.29, 0.717) is 23.6 Å². The molecule has 0 fully saturated rings. The number of nitrogens with zero attached hydrogens (tertiary/aromatic N) is 2. The molecular weight excluding hydrogens is 382 g/mol. The lowest BCUT2D eigenvalue weighted by molar-refractivity contribution is -0.122. The quantitative estimate of drug-likeness (QED) is 0.590. The number of rotatable bonds is 9. The summed E-state index contributed by atoms with van der Waals surface area (Å²) in [6, 6.07) is 17.5. The fourth-order valence-electron chi connectivity index (χ4n) is 2.76. The molecule has 0 saturated heterocycles. The molecule has 0 bridgehead atoms. The fourth-order valence-corrected chi connectivity index (χ4v) is 2.76. The van der Waals surface area contributed by atoms with Gasteiger partial charge in [0.1, 0.15) is 0 Å². The molecule has 3 N–H and O–H groups in total. The van der Waals surface area contributed by atoms with E-state index in [1.807, 2.05) is 31.2 Å². The topological polar surface area (TPSA) is 114 Å². The van der Waals surface area contributed by atoms with Crippen molar-refractivity contribution < 1.29 is 14.4 Å². The average Bonchev–Trinajstić information content (AvgIpc) is 2.73. The summed E-state index contributed by atoms with van der Waals surface area (Å²) in [6.45, 7) is 2.59. The second-order valence-corrected chi connectivity index (χ2v) is 6.40. The molecule has 0 unspecified atom stereocenters. The van der Waals surface area contributed by atoms with Crippen LogP contribution >= 0.6 is 0 Å². The Kier molecular flexibility index (Phi) is 8.87. The minimum Gasteiger partial charge on any atom is -0.338 e. The molecule has 0 spiro atoms. The molecule has 0 saturated carbocycles. The van der Waals surface area contributed by atoms with E-state index in [9.17, 15) is 14.4 Å². The summed E-state index contributed by atoms with van der Waals surface area (Å²) >= 11 is 0. The van der Waals surface area contributed by atoms with Gasteiger partial charge in [-0.15, -0.1) is 0 Å². The molecule has 0 atom stereocenters. The van der Waals surface area contributed by atoms with Crippen molar-refractivity contribution in [2.75, 3.05) is 28.6 Å². The van der Waals surface area contributed by atoms with Crippen molar-refractivity contribution in [3.63, 3.8) is 0 Å². The van der Waals surface area contributed by atoms with Crippen LogP contribution in [0.3, 0.4) is 0 Å². The molecule has 2 rings (SSSR count). The van der Waals surface area contributed by atoms with Gasteiger partial charge < -0.3 is 20.9 Å². The molecule has 8 nitrogen and oxygen atoms in total. The van der Waals surface area contributed by atoms with Crippen LogP contribution in [0, 0.1) is 11.3 Å². The molecule has 0 aliphatic carbocycles. The fraction of sp³-hybridized carbons (Fsp3) is 0.273. The van der Waals surface area contributed by atoms with E-state index in [-0.39, 0.29) is 43.7 Å². The minimum absolute atomic E-state index is 0.00268. The predicted molar refractivity (Wildman–Crippen MR) is 116 cm³/mol. The highest BCUT2D eigenvalue weighted by Gasteiger charge is 2.16. The van der Waals surface area contributed by atoms with Crippen molar-refractivity contribution in [2.24, 2.45) is 0 Å². The van der Waals surface area contributed by atoms with Crippen LogP contribution in [0.4, 0.5) is 21.9 Å². The first-order chi connectivity index (χ1) is 14.5. The van der Waals surface area contributed by atoms with Crippen LogP contribution in [0.5, 0.6) is 0 Å². The molecule has 2 aromatic carbocycles. The summed E-state index contributed by atoms with van der Waals surface area (Å²) < 4.78 is 0. The van der Waals surface area contributed by atoms with Gasteiger partial charge in [0.25, 0.3) is 0 Å². The number of nitrogens with one attached hydrogen (secondary N) is 3. The van der Waals surface area contributed by atoms with Crippen LogP contribution in [0.1, 0.15) is 26.2 Å². The summed E-state index contributed by atoms with van der Waals surface area (Å²) in [4.78, 5) is 38.0. The van der Waals surface area contributed by atoms with Crippen molar-refractivity contribution >= 4 is 34.9 Å². The second kappa shape index (κ2) is 11.9. The average molecular weight is 407 g/mol. The smallest absolute Gasteiger partial charge is 0.319 e. The zero-order chi connectivity index (χ0) is 21.8. The van der Waals surface area contributed by atoms with Crippen LogP contribution in [0.25, 0.3) is 0 Å². The van der Waals surface area contributed by atoms with Crippen LogP contribution < -0.4 is 20.9 Å². The number of anilines is 3. The second-order valence-electron chi connectivity index (χ2n) is 6.40. The molecule has 0 radical (unpaired) electrons. The first-order valence-electron chi connectivity index (χ1n) is 9.70. The van der Waals surface area contributed by atoms with Crippen molar-refractivity contribution in [3.05, 3.63) is 54.6 Å². The number of hydrogen-bond acceptors (Lipinski definition) is 4. The van der Waals surface area contributed by atoms with Gasteiger partial charge in [0.05, 0.1) is 12.5 Å². The first-order valence-corrected chi connectivity index (χ1v) is 9.70. The molecule has 0 aliphatic heterocycles. The number of urea groups is 1. The first kappa shape index (κ1) is 22.4. The van der Waals surface area contributed by atoms with Gasteiger partial charge in [0, 0.05) is 43.0 Å². The highest BCUT2D eigenvalue weighted by atomic mass is 16.2. The molecule has 0 heterocycles. The van der Waals surface area contributed by atoms with E-state index in [2.05, 4.69) is 16.0 Å². The van der Waals surface area contributed by atoms with Gasteiger partial charge in [-0.3, -0.25) is 9.59 Å². The number of para-hydroxylation sites is 1. The van der Waals surface area contributed by atoms with E-state index in [0.717, 1.165) is 0 Å². The van der Waals surface area contributed by atoms with Gasteiger partial charge in [0.2, 0.25) is 11.8 Å². The number of carbonyl (C=O) groups excluding carboxylic acids is 3. The van der Waals surface area contributed by atoms with Gasteiger partial charge in [-0.2, -0.15) is 5.26 Å². The minimum atomic E-state index is -0.329. The summed E-state index contributed by atoms with van der Waals surface area (Å²) in [7, 11) is 0. The highest BCUT2D eigenvalue weighted by molar-refractivity contribution is 5.98. The van der Waals surface area contributed by atoms with E-state index in [1.54, 1.807) is 36.4 Å². The molecule has 0 aliphatic rings. The number of carbonyl (C=O) groups is 3. The standard InChI is InChI=1S/C22H25N5O3/c1-2-24-22(30)26-18-9-6-8-17(16-18)25-20(28)12-13-21(29)27(15-7-14-23)19-10-4-3-5-11-19/h3-6,8-11,16H,2,7,12-13,15H2,1H3,(H,25,28)(H2,24,26,30). The van der Waals surface area contributed by atoms with Crippen molar-refractivity contribution in [1.29, 1.82) is 5.26 Å². The van der Waals surface area contributed by atoms with E-state index >= 15 is 0 Å². The Labute approximate surface area is 175 Å². The van der Waals surface area contributed by atoms with Gasteiger partial charge in [-0.1, -0.05) is 24.3 Å².